The molecule has 2 heterocycles. The molecule has 0 spiro atoms. The summed E-state index contributed by atoms with van der Waals surface area (Å²) >= 11 is 5.97. The van der Waals surface area contributed by atoms with Gasteiger partial charge in [0.25, 0.3) is 11.7 Å². The molecule has 8 heteroatoms. The Hall–Kier alpha value is -4.10. The van der Waals surface area contributed by atoms with Crippen molar-refractivity contribution in [1.29, 1.82) is 0 Å². The summed E-state index contributed by atoms with van der Waals surface area (Å²) in [4.78, 5) is 31.0. The summed E-state index contributed by atoms with van der Waals surface area (Å²) in [6.45, 7) is 0.203. The predicted molar refractivity (Wildman–Crippen MR) is 135 cm³/mol. The number of hydrogen-bond donors (Lipinski definition) is 2. The van der Waals surface area contributed by atoms with E-state index < -0.39 is 23.5 Å². The first-order valence-corrected chi connectivity index (χ1v) is 11.7. The van der Waals surface area contributed by atoms with Crippen LogP contribution in [0.4, 0.5) is 4.39 Å². The normalized spacial score (nSPS) is 17.2. The van der Waals surface area contributed by atoms with Gasteiger partial charge in [-0.1, -0.05) is 23.7 Å². The maximum Gasteiger partial charge on any atom is 0.295 e. The molecule has 0 bridgehead atoms. The number of rotatable bonds is 6. The van der Waals surface area contributed by atoms with Crippen LogP contribution >= 0.6 is 11.6 Å². The number of aliphatic hydroxyl groups is 1. The lowest BCUT2D eigenvalue weighted by molar-refractivity contribution is -0.139. The number of ketones is 1. The lowest BCUT2D eigenvalue weighted by Gasteiger charge is -2.25. The van der Waals surface area contributed by atoms with Crippen LogP contribution in [-0.4, -0.2) is 40.3 Å². The lowest BCUT2D eigenvalue weighted by Crippen LogP contribution is -2.31. The summed E-state index contributed by atoms with van der Waals surface area (Å²) < 4.78 is 19.0. The van der Waals surface area contributed by atoms with Crippen molar-refractivity contribution in [3.8, 4) is 5.75 Å². The van der Waals surface area contributed by atoms with Gasteiger partial charge in [-0.15, -0.1) is 0 Å². The zero-order valence-electron chi connectivity index (χ0n) is 19.3. The molecule has 1 saturated heterocycles. The van der Waals surface area contributed by atoms with E-state index in [0.717, 1.165) is 16.5 Å². The van der Waals surface area contributed by atoms with Crippen LogP contribution in [-0.2, 0) is 16.0 Å². The molecule has 0 saturated carbocycles. The molecule has 2 N–H and O–H groups in total. The minimum Gasteiger partial charge on any atom is -0.507 e. The van der Waals surface area contributed by atoms with Gasteiger partial charge in [-0.3, -0.25) is 9.59 Å². The topological polar surface area (TPSA) is 82.6 Å². The average molecular weight is 505 g/mol. The fraction of sp³-hybridized carbons (Fsp3) is 0.143. The second-order valence-electron chi connectivity index (χ2n) is 8.53. The van der Waals surface area contributed by atoms with E-state index in [4.69, 9.17) is 16.3 Å². The minimum atomic E-state index is -0.874. The number of methoxy groups -OCH3 is 1. The number of benzene rings is 3. The number of halogens is 2. The number of aliphatic hydroxyl groups excluding tert-OH is 1. The number of fused-ring (bicyclic) bond motifs is 1. The molecule has 1 amide bonds. The van der Waals surface area contributed by atoms with Gasteiger partial charge in [0.15, 0.2) is 0 Å². The molecule has 5 rings (SSSR count). The monoisotopic (exact) mass is 504 g/mol. The number of Topliss-reactive ketones (excluding diaryl/α,β-unsaturated/α-hetero) is 1. The molecule has 1 aliphatic rings. The molecule has 1 aromatic heterocycles. The van der Waals surface area contributed by atoms with Crippen LogP contribution in [0, 0.1) is 5.82 Å². The first-order chi connectivity index (χ1) is 17.4. The van der Waals surface area contributed by atoms with E-state index in [1.807, 2.05) is 24.4 Å². The SMILES string of the molecule is COc1ccc2[nH]cc(CCN3C(=O)C(=O)C(=C(O)c4ccc(Cl)cc4)[C@@H]3c3ccc(F)cc3)c2c1. The van der Waals surface area contributed by atoms with Crippen molar-refractivity contribution in [2.75, 3.05) is 13.7 Å². The second-order valence-corrected chi connectivity index (χ2v) is 8.96. The van der Waals surface area contributed by atoms with Crippen LogP contribution < -0.4 is 4.74 Å². The smallest absolute Gasteiger partial charge is 0.295 e. The van der Waals surface area contributed by atoms with Crippen LogP contribution in [0.25, 0.3) is 16.7 Å². The molecular weight excluding hydrogens is 483 g/mol. The maximum absolute atomic E-state index is 13.7. The summed E-state index contributed by atoms with van der Waals surface area (Å²) in [5.74, 6) is -1.56. The fourth-order valence-corrected chi connectivity index (χ4v) is 4.72. The van der Waals surface area contributed by atoms with E-state index >= 15 is 0 Å². The van der Waals surface area contributed by atoms with E-state index in [1.54, 1.807) is 31.4 Å². The summed E-state index contributed by atoms with van der Waals surface area (Å²) in [5.41, 5.74) is 2.70. The number of amides is 1. The third-order valence-corrected chi connectivity index (χ3v) is 6.69. The molecule has 3 aromatic carbocycles. The molecule has 182 valence electrons. The number of aromatic amines is 1. The third-order valence-electron chi connectivity index (χ3n) is 6.44. The van der Waals surface area contributed by atoms with Crippen molar-refractivity contribution in [1.82, 2.24) is 9.88 Å². The minimum absolute atomic E-state index is 0.0467. The van der Waals surface area contributed by atoms with Crippen LogP contribution in [0.2, 0.25) is 5.02 Å². The van der Waals surface area contributed by atoms with Crippen LogP contribution in [0.3, 0.4) is 0 Å². The first kappa shape index (κ1) is 23.6. The zero-order valence-corrected chi connectivity index (χ0v) is 20.1. The van der Waals surface area contributed by atoms with E-state index in [-0.39, 0.29) is 17.9 Å². The molecule has 0 aliphatic carbocycles. The fourth-order valence-electron chi connectivity index (χ4n) is 4.60. The summed E-state index contributed by atoms with van der Waals surface area (Å²) in [5, 5.41) is 12.5. The highest BCUT2D eigenvalue weighted by atomic mass is 35.5. The van der Waals surface area contributed by atoms with E-state index in [0.29, 0.717) is 28.3 Å². The van der Waals surface area contributed by atoms with Gasteiger partial charge in [0.05, 0.1) is 18.7 Å². The van der Waals surface area contributed by atoms with Gasteiger partial charge in [-0.25, -0.2) is 4.39 Å². The number of likely N-dealkylation sites (tertiary alicyclic amines) is 1. The van der Waals surface area contributed by atoms with Gasteiger partial charge in [-0.05, 0) is 72.1 Å². The largest absolute Gasteiger partial charge is 0.507 e. The maximum atomic E-state index is 13.7. The highest BCUT2D eigenvalue weighted by molar-refractivity contribution is 6.46. The molecule has 1 atom stereocenters. The lowest BCUT2D eigenvalue weighted by atomic mass is 9.95. The number of carbonyl (C=O) groups is 2. The molecule has 4 aromatic rings. The van der Waals surface area contributed by atoms with Crippen LogP contribution in [0.1, 0.15) is 22.7 Å². The van der Waals surface area contributed by atoms with Gasteiger partial charge in [0.2, 0.25) is 0 Å². The Labute approximate surface area is 211 Å². The Morgan fingerprint density at radius 3 is 2.50 bits per heavy atom. The molecule has 0 radical (unpaired) electrons. The van der Waals surface area contributed by atoms with Crippen molar-refractivity contribution < 1.29 is 23.8 Å². The Bertz CT molecular complexity index is 1490. The second kappa shape index (κ2) is 9.51. The van der Waals surface area contributed by atoms with E-state index in [9.17, 15) is 19.1 Å². The quantitative estimate of drug-likeness (QED) is 0.202. The number of aromatic nitrogens is 1. The molecule has 0 unspecified atom stereocenters. The van der Waals surface area contributed by atoms with Gasteiger partial charge in [0.1, 0.15) is 17.3 Å². The predicted octanol–water partition coefficient (Wildman–Crippen LogP) is 5.63. The molecule has 1 fully saturated rings. The van der Waals surface area contributed by atoms with E-state index in [2.05, 4.69) is 4.98 Å². The van der Waals surface area contributed by atoms with Crippen molar-refractivity contribution in [2.45, 2.75) is 12.5 Å². The summed E-state index contributed by atoms with van der Waals surface area (Å²) in [6, 6.07) is 16.7. The van der Waals surface area contributed by atoms with Crippen LogP contribution in [0.15, 0.2) is 78.5 Å². The van der Waals surface area contributed by atoms with Crippen LogP contribution in [0.5, 0.6) is 5.75 Å². The number of hydrogen-bond acceptors (Lipinski definition) is 4. The van der Waals surface area contributed by atoms with Crippen molar-refractivity contribution in [2.24, 2.45) is 0 Å². The highest BCUT2D eigenvalue weighted by Crippen LogP contribution is 2.40. The number of nitrogens with zero attached hydrogens (tertiary/aromatic N) is 1. The molecule has 6 nitrogen and oxygen atoms in total. The molecule has 1 aliphatic heterocycles. The number of carbonyl (C=O) groups excluding carboxylic acids is 2. The van der Waals surface area contributed by atoms with Gasteiger partial charge in [-0.2, -0.15) is 0 Å². The van der Waals surface area contributed by atoms with Gasteiger partial charge < -0.3 is 19.7 Å². The number of nitrogens with one attached hydrogen (secondary N) is 1. The Balaban J connectivity index is 1.55. The Morgan fingerprint density at radius 2 is 1.81 bits per heavy atom. The standard InChI is InChI=1S/C28H22ClFN2O4/c1-36-21-10-11-23-22(14-21)18(15-31-23)12-13-32-25(16-4-8-20(30)9-5-16)24(27(34)28(32)35)26(33)17-2-6-19(29)7-3-17/h2-11,14-15,25,31,33H,12-13H2,1H3/t25-/m0/s1. The van der Waals surface area contributed by atoms with Gasteiger partial charge >= 0.3 is 0 Å². The Kier molecular flexibility index (Phi) is 6.24. The van der Waals surface area contributed by atoms with Crippen molar-refractivity contribution in [3.63, 3.8) is 0 Å². The van der Waals surface area contributed by atoms with Crippen molar-refractivity contribution in [3.05, 3.63) is 106 Å². The average Bonchev–Trinajstić information content (AvgIpc) is 3.40. The number of H-pyrrole nitrogens is 1. The zero-order chi connectivity index (χ0) is 25.4. The van der Waals surface area contributed by atoms with E-state index in [1.165, 1.54) is 29.2 Å². The Morgan fingerprint density at radius 1 is 1.08 bits per heavy atom. The number of ether oxygens (including phenoxy) is 1. The highest BCUT2D eigenvalue weighted by Gasteiger charge is 2.45. The third kappa shape index (κ3) is 4.22. The molecule has 36 heavy (non-hydrogen) atoms. The molecular formula is C28H22ClFN2O4. The summed E-state index contributed by atoms with van der Waals surface area (Å²) in [7, 11) is 1.59. The van der Waals surface area contributed by atoms with Crippen molar-refractivity contribution >= 4 is 40.0 Å². The van der Waals surface area contributed by atoms with Gasteiger partial charge in [0, 0.05) is 34.2 Å². The first-order valence-electron chi connectivity index (χ1n) is 11.3. The summed E-state index contributed by atoms with van der Waals surface area (Å²) in [6.07, 6.45) is 2.31.